The summed E-state index contributed by atoms with van der Waals surface area (Å²) in [6.07, 6.45) is 5.96. The Morgan fingerprint density at radius 2 is 2.13 bits per heavy atom. The van der Waals surface area contributed by atoms with Crippen LogP contribution in [0.4, 0.5) is 4.79 Å². The van der Waals surface area contributed by atoms with Crippen molar-refractivity contribution < 1.29 is 4.79 Å². The van der Waals surface area contributed by atoms with E-state index in [1.807, 2.05) is 16.2 Å². The van der Waals surface area contributed by atoms with Crippen molar-refractivity contribution in [3.05, 3.63) is 21.9 Å². The second kappa shape index (κ2) is 8.15. The quantitative estimate of drug-likeness (QED) is 0.838. The van der Waals surface area contributed by atoms with Gasteiger partial charge in [0, 0.05) is 24.5 Å². The highest BCUT2D eigenvalue weighted by Gasteiger charge is 2.21. The minimum Gasteiger partial charge on any atom is -0.338 e. The molecular weight excluding hydrogens is 306 g/mol. The molecule has 0 bridgehead atoms. The molecule has 3 rings (SSSR count). The molecule has 5 heteroatoms. The number of amides is 2. The van der Waals surface area contributed by atoms with Crippen molar-refractivity contribution in [3.63, 3.8) is 0 Å². The molecule has 128 valence electrons. The van der Waals surface area contributed by atoms with Gasteiger partial charge in [-0.15, -0.1) is 11.3 Å². The molecule has 2 aliphatic rings. The van der Waals surface area contributed by atoms with E-state index in [1.165, 1.54) is 49.3 Å². The fraction of sp³-hybridized carbons (Fsp3) is 0.722. The highest BCUT2D eigenvalue weighted by molar-refractivity contribution is 7.10. The normalized spacial score (nSPS) is 19.6. The molecule has 23 heavy (non-hydrogen) atoms. The molecule has 1 N–H and O–H groups in total. The lowest BCUT2D eigenvalue weighted by molar-refractivity contribution is 0.186. The summed E-state index contributed by atoms with van der Waals surface area (Å²) in [5, 5.41) is 5.22. The van der Waals surface area contributed by atoms with Crippen LogP contribution in [-0.4, -0.2) is 48.6 Å². The van der Waals surface area contributed by atoms with Crippen LogP contribution in [-0.2, 0) is 13.0 Å². The SMILES string of the molecule is CC1CCN(CCCCNC(=O)N2CCc3sccc3C2)CC1. The van der Waals surface area contributed by atoms with E-state index in [0.717, 1.165) is 38.4 Å². The van der Waals surface area contributed by atoms with Crippen molar-refractivity contribution >= 4 is 17.4 Å². The van der Waals surface area contributed by atoms with Crippen LogP contribution in [0.3, 0.4) is 0 Å². The van der Waals surface area contributed by atoms with E-state index in [0.29, 0.717) is 0 Å². The molecule has 1 aromatic heterocycles. The van der Waals surface area contributed by atoms with Gasteiger partial charge in [-0.25, -0.2) is 4.79 Å². The van der Waals surface area contributed by atoms with E-state index in [9.17, 15) is 4.79 Å². The lowest BCUT2D eigenvalue weighted by Gasteiger charge is -2.30. The lowest BCUT2D eigenvalue weighted by atomic mass is 9.99. The third-order valence-corrected chi connectivity index (χ3v) is 6.17. The summed E-state index contributed by atoms with van der Waals surface area (Å²) in [6, 6.07) is 2.26. The van der Waals surface area contributed by atoms with Crippen molar-refractivity contribution in [1.82, 2.24) is 15.1 Å². The molecule has 3 heterocycles. The van der Waals surface area contributed by atoms with Crippen molar-refractivity contribution in [2.45, 2.75) is 45.6 Å². The first kappa shape index (κ1) is 16.8. The average Bonchev–Trinajstić information content (AvgIpc) is 3.03. The second-order valence-electron chi connectivity index (χ2n) is 7.00. The number of urea groups is 1. The summed E-state index contributed by atoms with van der Waals surface area (Å²) in [5.41, 5.74) is 1.33. The highest BCUT2D eigenvalue weighted by Crippen LogP contribution is 2.23. The van der Waals surface area contributed by atoms with Crippen molar-refractivity contribution in [2.75, 3.05) is 32.7 Å². The number of hydrogen-bond donors (Lipinski definition) is 1. The Morgan fingerprint density at radius 1 is 1.30 bits per heavy atom. The van der Waals surface area contributed by atoms with Crippen LogP contribution in [0.5, 0.6) is 0 Å². The maximum Gasteiger partial charge on any atom is 0.317 e. The molecule has 0 spiro atoms. The number of piperidine rings is 1. The largest absolute Gasteiger partial charge is 0.338 e. The van der Waals surface area contributed by atoms with Crippen molar-refractivity contribution in [3.8, 4) is 0 Å². The predicted molar refractivity (Wildman–Crippen MR) is 95.9 cm³/mol. The Labute approximate surface area is 143 Å². The van der Waals surface area contributed by atoms with E-state index in [1.54, 1.807) is 0 Å². The first-order valence-electron chi connectivity index (χ1n) is 9.03. The molecule has 1 aromatic rings. The van der Waals surface area contributed by atoms with Gasteiger partial charge in [-0.2, -0.15) is 0 Å². The fourth-order valence-electron chi connectivity index (χ4n) is 3.48. The minimum absolute atomic E-state index is 0.105. The van der Waals surface area contributed by atoms with Gasteiger partial charge in [-0.3, -0.25) is 0 Å². The second-order valence-corrected chi connectivity index (χ2v) is 8.00. The molecule has 0 unspecified atom stereocenters. The smallest absolute Gasteiger partial charge is 0.317 e. The van der Waals surface area contributed by atoms with Gasteiger partial charge in [0.1, 0.15) is 0 Å². The van der Waals surface area contributed by atoms with Crippen LogP contribution >= 0.6 is 11.3 Å². The fourth-order valence-corrected chi connectivity index (χ4v) is 4.36. The van der Waals surface area contributed by atoms with Crippen molar-refractivity contribution in [2.24, 2.45) is 5.92 Å². The number of carbonyl (C=O) groups excluding carboxylic acids is 1. The lowest BCUT2D eigenvalue weighted by Crippen LogP contribution is -2.42. The number of nitrogens with one attached hydrogen (secondary N) is 1. The third kappa shape index (κ3) is 4.70. The van der Waals surface area contributed by atoms with Crippen molar-refractivity contribution in [1.29, 1.82) is 0 Å². The number of fused-ring (bicyclic) bond motifs is 1. The van der Waals surface area contributed by atoms with E-state index >= 15 is 0 Å². The number of carbonyl (C=O) groups is 1. The molecule has 0 atom stereocenters. The Balaban J connectivity index is 1.28. The summed E-state index contributed by atoms with van der Waals surface area (Å²) in [5.74, 6) is 0.902. The number of likely N-dealkylation sites (tertiary alicyclic amines) is 1. The summed E-state index contributed by atoms with van der Waals surface area (Å²) < 4.78 is 0. The Kier molecular flexibility index (Phi) is 5.95. The van der Waals surface area contributed by atoms with Crippen LogP contribution in [0, 0.1) is 5.92 Å². The van der Waals surface area contributed by atoms with Gasteiger partial charge in [-0.1, -0.05) is 6.92 Å². The number of rotatable bonds is 5. The standard InChI is InChI=1S/C18H29N3OS/c1-15-4-10-20(11-5-15)9-3-2-8-19-18(22)21-12-6-17-16(14-21)7-13-23-17/h7,13,15H,2-6,8-12,14H2,1H3,(H,19,22). The topological polar surface area (TPSA) is 35.6 Å². The molecule has 1 saturated heterocycles. The number of unbranched alkanes of at least 4 members (excludes halogenated alkanes) is 1. The molecule has 1 fully saturated rings. The minimum atomic E-state index is 0.105. The first-order valence-corrected chi connectivity index (χ1v) is 9.90. The molecule has 0 aromatic carbocycles. The van der Waals surface area contributed by atoms with Gasteiger partial charge in [0.15, 0.2) is 0 Å². The number of hydrogen-bond acceptors (Lipinski definition) is 3. The Morgan fingerprint density at radius 3 is 2.96 bits per heavy atom. The average molecular weight is 336 g/mol. The van der Waals surface area contributed by atoms with E-state index < -0.39 is 0 Å². The van der Waals surface area contributed by atoms with Crippen LogP contribution in [0.1, 0.15) is 43.0 Å². The highest BCUT2D eigenvalue weighted by atomic mass is 32.1. The monoisotopic (exact) mass is 335 g/mol. The summed E-state index contributed by atoms with van der Waals surface area (Å²) in [7, 11) is 0. The number of thiophene rings is 1. The van der Waals surface area contributed by atoms with E-state index in [2.05, 4.69) is 28.6 Å². The summed E-state index contributed by atoms with van der Waals surface area (Å²) in [6.45, 7) is 8.48. The molecule has 0 aliphatic carbocycles. The van der Waals surface area contributed by atoms with Crippen LogP contribution in [0.2, 0.25) is 0 Å². The van der Waals surface area contributed by atoms with Gasteiger partial charge < -0.3 is 15.1 Å². The van der Waals surface area contributed by atoms with Crippen LogP contribution in [0.15, 0.2) is 11.4 Å². The Bertz CT molecular complexity index is 508. The maximum absolute atomic E-state index is 12.2. The zero-order valence-corrected chi connectivity index (χ0v) is 15.0. The van der Waals surface area contributed by atoms with Crippen LogP contribution < -0.4 is 5.32 Å². The van der Waals surface area contributed by atoms with Gasteiger partial charge in [0.25, 0.3) is 0 Å². The molecule has 0 saturated carbocycles. The van der Waals surface area contributed by atoms with Gasteiger partial charge in [0.05, 0.1) is 0 Å². The van der Waals surface area contributed by atoms with Gasteiger partial charge in [0.2, 0.25) is 0 Å². The van der Waals surface area contributed by atoms with Gasteiger partial charge >= 0.3 is 6.03 Å². The molecule has 0 radical (unpaired) electrons. The maximum atomic E-state index is 12.2. The third-order valence-electron chi connectivity index (χ3n) is 5.15. The summed E-state index contributed by atoms with van der Waals surface area (Å²) >= 11 is 1.81. The van der Waals surface area contributed by atoms with Gasteiger partial charge in [-0.05, 0) is 74.7 Å². The molecule has 2 aliphatic heterocycles. The zero-order chi connectivity index (χ0) is 16.1. The zero-order valence-electron chi connectivity index (χ0n) is 14.2. The molecule has 4 nitrogen and oxygen atoms in total. The van der Waals surface area contributed by atoms with Crippen LogP contribution in [0.25, 0.3) is 0 Å². The first-order chi connectivity index (χ1) is 11.2. The molecular formula is C18H29N3OS. The van der Waals surface area contributed by atoms with E-state index in [4.69, 9.17) is 0 Å². The predicted octanol–water partition coefficient (Wildman–Crippen LogP) is 3.33. The van der Waals surface area contributed by atoms with E-state index in [-0.39, 0.29) is 6.03 Å². The Hall–Kier alpha value is -1.07. The molecule has 2 amide bonds. The number of nitrogens with zero attached hydrogens (tertiary/aromatic N) is 2. The summed E-state index contributed by atoms with van der Waals surface area (Å²) in [4.78, 5) is 18.2.